The molecule has 0 bridgehead atoms. The van der Waals surface area contributed by atoms with Gasteiger partial charge >= 0.3 is 120 Å². The van der Waals surface area contributed by atoms with E-state index in [-0.39, 0.29) is 0 Å². The fraction of sp³-hybridized carbons (Fsp3) is 1.00. The van der Waals surface area contributed by atoms with Crippen molar-refractivity contribution >= 4 is 45.4 Å². The Labute approximate surface area is 119 Å². The van der Waals surface area contributed by atoms with Crippen LogP contribution < -0.4 is 0 Å². The molecule has 0 rings (SSSR count). The van der Waals surface area contributed by atoms with Crippen LogP contribution in [-0.2, 0) is 0 Å². The average molecular weight is 484 g/mol. The fourth-order valence-electron chi connectivity index (χ4n) is 4.03. The summed E-state index contributed by atoms with van der Waals surface area (Å²) in [6.07, 6.45) is 0. The second kappa shape index (κ2) is 5.91. The molecule has 0 saturated heterocycles. The van der Waals surface area contributed by atoms with Crippen LogP contribution in [0.4, 0.5) is 0 Å². The van der Waals surface area contributed by atoms with Gasteiger partial charge in [-0.3, -0.25) is 0 Å². The Balaban J connectivity index is 4.95. The van der Waals surface area contributed by atoms with E-state index in [1.165, 1.54) is 0 Å². The number of hydrogen-bond donors (Lipinski definition) is 0. The molecule has 0 saturated carbocycles. The summed E-state index contributed by atoms with van der Waals surface area (Å²) in [5.41, 5.74) is 0. The second-order valence-corrected chi connectivity index (χ2v) is 52.9. The van der Waals surface area contributed by atoms with E-state index in [4.69, 9.17) is 0 Å². The van der Waals surface area contributed by atoms with Crippen molar-refractivity contribution in [2.45, 2.75) is 74.2 Å². The van der Waals surface area contributed by atoms with Crippen molar-refractivity contribution in [1.82, 2.24) is 0 Å². The molecule has 0 aliphatic rings. The molecule has 0 fully saturated rings. The van der Waals surface area contributed by atoms with Crippen LogP contribution in [0, 0.1) is 0 Å². The molecule has 4 heteroatoms. The predicted molar refractivity (Wildman–Crippen MR) is 96.1 cm³/mol. The van der Waals surface area contributed by atoms with Gasteiger partial charge in [-0.1, -0.05) is 0 Å². The van der Waals surface area contributed by atoms with Gasteiger partial charge in [-0.2, -0.15) is 0 Å². The van der Waals surface area contributed by atoms with E-state index in [0.717, 1.165) is 0 Å². The Morgan fingerprint density at radius 1 is 0.529 bits per heavy atom. The SMILES string of the molecule is C[Si](C)(C)[CH2][Pb]([CH3])([CH2][Si](C)(C)C)[CH2][Si](C)(C)C. The molecule has 0 radical (unpaired) electrons. The Bertz CT molecular complexity index is 202. The molecule has 0 nitrogen and oxygen atoms in total. The van der Waals surface area contributed by atoms with Gasteiger partial charge in [0.05, 0.1) is 0 Å². The molecule has 0 heterocycles. The van der Waals surface area contributed by atoms with Crippen molar-refractivity contribution in [1.29, 1.82) is 0 Å². The molecule has 0 amide bonds. The van der Waals surface area contributed by atoms with Gasteiger partial charge in [0.1, 0.15) is 0 Å². The molecule has 0 aliphatic carbocycles. The second-order valence-electron chi connectivity index (χ2n) is 10.0. The van der Waals surface area contributed by atoms with Crippen LogP contribution in [0.15, 0.2) is 0 Å². The van der Waals surface area contributed by atoms with Gasteiger partial charge in [0.2, 0.25) is 0 Å². The summed E-state index contributed by atoms with van der Waals surface area (Å²) in [6.45, 7) is 23.4. The van der Waals surface area contributed by atoms with E-state index >= 15 is 0 Å². The van der Waals surface area contributed by atoms with Crippen molar-refractivity contribution in [2.24, 2.45) is 0 Å². The van der Waals surface area contributed by atoms with Gasteiger partial charge in [-0.25, -0.2) is 0 Å². The zero-order valence-electron chi connectivity index (χ0n) is 14.1. The molecule has 0 unspecified atom stereocenters. The van der Waals surface area contributed by atoms with Gasteiger partial charge < -0.3 is 0 Å². The Morgan fingerprint density at radius 3 is 0.824 bits per heavy atom. The number of rotatable bonds is 6. The third-order valence-electron chi connectivity index (χ3n) is 2.87. The summed E-state index contributed by atoms with van der Waals surface area (Å²) in [5.74, 6) is 0. The van der Waals surface area contributed by atoms with Crippen LogP contribution in [0.25, 0.3) is 0 Å². The van der Waals surface area contributed by atoms with Gasteiger partial charge in [-0.15, -0.1) is 0 Å². The first-order chi connectivity index (χ1) is 7.12. The van der Waals surface area contributed by atoms with Gasteiger partial charge in [0.25, 0.3) is 0 Å². The summed E-state index contributed by atoms with van der Waals surface area (Å²) >= 11 is -1.94. The minimum absolute atomic E-state index is 0.849. The molecule has 0 spiro atoms. The van der Waals surface area contributed by atoms with Crippen molar-refractivity contribution < 1.29 is 0 Å². The van der Waals surface area contributed by atoms with E-state index in [1.54, 1.807) is 10.8 Å². The van der Waals surface area contributed by atoms with Crippen LogP contribution >= 0.6 is 0 Å². The van der Waals surface area contributed by atoms with Crippen LogP contribution in [0.3, 0.4) is 0 Å². The van der Waals surface area contributed by atoms with Crippen molar-refractivity contribution in [3.05, 3.63) is 0 Å². The molecule has 104 valence electrons. The minimum atomic E-state index is -1.94. The van der Waals surface area contributed by atoms with Crippen LogP contribution in [-0.4, -0.2) is 45.4 Å². The molecule has 0 atom stereocenters. The van der Waals surface area contributed by atoms with E-state index in [2.05, 4.69) is 63.4 Å². The average Bonchev–Trinajstić information content (AvgIpc) is 1.65. The molecule has 0 aromatic rings. The zero-order chi connectivity index (χ0) is 14.1. The van der Waals surface area contributed by atoms with E-state index in [9.17, 15) is 0 Å². The van der Waals surface area contributed by atoms with E-state index in [1.807, 2.05) is 0 Å². The third kappa shape index (κ3) is 11.1. The molecule has 0 N–H and O–H groups in total. The Kier molecular flexibility index (Phi) is 6.46. The number of hydrogen-bond acceptors (Lipinski definition) is 0. The first kappa shape index (κ1) is 18.6. The standard InChI is InChI=1S/3C4H11Si.CH3.Pb/c3*1-5(2,3)4;;/h3*1H2,2-4H3;1H3;. The van der Waals surface area contributed by atoms with E-state index in [0.29, 0.717) is 0 Å². The van der Waals surface area contributed by atoms with Crippen molar-refractivity contribution in [3.8, 4) is 0 Å². The summed E-state index contributed by atoms with van der Waals surface area (Å²) in [7, 11) is -2.55. The molecule has 0 aliphatic heterocycles. The maximum atomic E-state index is 2.82. The van der Waals surface area contributed by atoms with Gasteiger partial charge in [-0.05, 0) is 0 Å². The molecule has 0 aromatic carbocycles. The van der Waals surface area contributed by atoms with Crippen LogP contribution in [0.5, 0.6) is 0 Å². The fourth-order valence-corrected chi connectivity index (χ4v) is 116. The Hall–Kier alpha value is 1.57. The summed E-state index contributed by atoms with van der Waals surface area (Å²) in [5, 5.41) is 0. The van der Waals surface area contributed by atoms with Crippen molar-refractivity contribution in [3.63, 3.8) is 0 Å². The quantitative estimate of drug-likeness (QED) is 0.425. The predicted octanol–water partition coefficient (Wildman–Crippen LogP) is 5.70. The van der Waals surface area contributed by atoms with Gasteiger partial charge in [0, 0.05) is 0 Å². The van der Waals surface area contributed by atoms with Gasteiger partial charge in [0.15, 0.2) is 0 Å². The van der Waals surface area contributed by atoms with Crippen LogP contribution in [0.1, 0.15) is 0 Å². The van der Waals surface area contributed by atoms with Crippen molar-refractivity contribution in [2.75, 3.05) is 0 Å². The monoisotopic (exact) mass is 484 g/mol. The Morgan fingerprint density at radius 2 is 0.706 bits per heavy atom. The molecular formula is C13H36PbSi3. The normalized spacial score (nSPS) is 15.2. The first-order valence-electron chi connectivity index (χ1n) is 7.12. The zero-order valence-corrected chi connectivity index (χ0v) is 21.0. The molecular weight excluding hydrogens is 448 g/mol. The van der Waals surface area contributed by atoms with E-state index < -0.39 is 45.4 Å². The molecule has 0 aromatic heterocycles. The first-order valence-corrected chi connectivity index (χ1v) is 30.4. The molecule has 17 heavy (non-hydrogen) atoms. The third-order valence-corrected chi connectivity index (χ3v) is 75.6. The topological polar surface area (TPSA) is 0 Å². The van der Waals surface area contributed by atoms with Crippen LogP contribution in [0.2, 0.25) is 74.2 Å². The summed E-state index contributed by atoms with van der Waals surface area (Å²) < 4.78 is 8.05. The summed E-state index contributed by atoms with van der Waals surface area (Å²) in [6, 6.07) is 0. The summed E-state index contributed by atoms with van der Waals surface area (Å²) in [4.78, 5) is 0. The maximum absolute atomic E-state index is 2.82.